The van der Waals surface area contributed by atoms with Crippen molar-refractivity contribution in [1.82, 2.24) is 5.32 Å². The molecule has 2 unspecified atom stereocenters. The minimum absolute atomic E-state index is 0.292. The standard InChI is InChI=1S/C16H25NO/c1-3-10-17-12-15-9-11-18-16(15)14-7-5-13(4-2)6-8-14/h5-8,15-17H,3-4,9-12H2,1-2H3. The summed E-state index contributed by atoms with van der Waals surface area (Å²) in [4.78, 5) is 0. The van der Waals surface area contributed by atoms with Gasteiger partial charge in [-0.15, -0.1) is 0 Å². The summed E-state index contributed by atoms with van der Waals surface area (Å²) in [5.41, 5.74) is 2.74. The maximum absolute atomic E-state index is 5.92. The van der Waals surface area contributed by atoms with Gasteiger partial charge >= 0.3 is 0 Å². The van der Waals surface area contributed by atoms with E-state index in [0.717, 1.165) is 26.1 Å². The van der Waals surface area contributed by atoms with E-state index in [1.807, 2.05) is 0 Å². The number of hydrogen-bond donors (Lipinski definition) is 1. The van der Waals surface area contributed by atoms with Crippen molar-refractivity contribution in [3.63, 3.8) is 0 Å². The van der Waals surface area contributed by atoms with Gasteiger partial charge in [-0.3, -0.25) is 0 Å². The minimum atomic E-state index is 0.292. The van der Waals surface area contributed by atoms with E-state index in [1.54, 1.807) is 0 Å². The van der Waals surface area contributed by atoms with Crippen LogP contribution in [0.2, 0.25) is 0 Å². The Kier molecular flexibility index (Phi) is 5.21. The van der Waals surface area contributed by atoms with Gasteiger partial charge < -0.3 is 10.1 Å². The second-order valence-electron chi connectivity index (χ2n) is 5.14. The Morgan fingerprint density at radius 3 is 2.67 bits per heavy atom. The molecule has 1 aromatic carbocycles. The molecule has 2 atom stereocenters. The van der Waals surface area contributed by atoms with Crippen molar-refractivity contribution in [2.24, 2.45) is 5.92 Å². The van der Waals surface area contributed by atoms with Crippen molar-refractivity contribution in [3.8, 4) is 0 Å². The second-order valence-corrected chi connectivity index (χ2v) is 5.14. The Hall–Kier alpha value is -0.860. The molecule has 0 aliphatic carbocycles. The predicted octanol–water partition coefficient (Wildman–Crippen LogP) is 3.33. The maximum Gasteiger partial charge on any atom is 0.0866 e. The average Bonchev–Trinajstić information content (AvgIpc) is 2.88. The maximum atomic E-state index is 5.92. The zero-order valence-electron chi connectivity index (χ0n) is 11.6. The Labute approximate surface area is 111 Å². The number of nitrogens with one attached hydrogen (secondary N) is 1. The van der Waals surface area contributed by atoms with Crippen molar-refractivity contribution >= 4 is 0 Å². The number of rotatable bonds is 6. The lowest BCUT2D eigenvalue weighted by atomic mass is 9.94. The fraction of sp³-hybridized carbons (Fsp3) is 0.625. The van der Waals surface area contributed by atoms with Gasteiger partial charge in [-0.1, -0.05) is 38.1 Å². The fourth-order valence-corrected chi connectivity index (χ4v) is 2.62. The molecule has 0 radical (unpaired) electrons. The first-order valence-electron chi connectivity index (χ1n) is 7.26. The SMILES string of the molecule is CCCNCC1CCOC1c1ccc(CC)cc1. The number of hydrogen-bond acceptors (Lipinski definition) is 2. The molecule has 18 heavy (non-hydrogen) atoms. The van der Waals surface area contributed by atoms with Crippen LogP contribution in [0.3, 0.4) is 0 Å². The first kappa shape index (κ1) is 13.6. The number of aryl methyl sites for hydroxylation is 1. The largest absolute Gasteiger partial charge is 0.373 e. The molecule has 1 saturated heterocycles. The third-order valence-electron chi connectivity index (χ3n) is 3.76. The molecule has 1 fully saturated rings. The molecule has 0 bridgehead atoms. The van der Waals surface area contributed by atoms with Crippen LogP contribution >= 0.6 is 0 Å². The molecule has 100 valence electrons. The molecule has 1 aliphatic heterocycles. The van der Waals surface area contributed by atoms with Crippen molar-refractivity contribution in [2.45, 2.75) is 39.2 Å². The summed E-state index contributed by atoms with van der Waals surface area (Å²) in [6.45, 7) is 7.49. The molecule has 0 amide bonds. The highest BCUT2D eigenvalue weighted by Gasteiger charge is 2.28. The van der Waals surface area contributed by atoms with Crippen molar-refractivity contribution in [2.75, 3.05) is 19.7 Å². The smallest absolute Gasteiger partial charge is 0.0866 e. The summed E-state index contributed by atoms with van der Waals surface area (Å²) in [6, 6.07) is 8.93. The van der Waals surface area contributed by atoms with Gasteiger partial charge in [0, 0.05) is 19.1 Å². The monoisotopic (exact) mass is 247 g/mol. The summed E-state index contributed by atoms with van der Waals surface area (Å²) < 4.78 is 5.92. The first-order valence-corrected chi connectivity index (χ1v) is 7.26. The second kappa shape index (κ2) is 6.91. The lowest BCUT2D eigenvalue weighted by Crippen LogP contribution is -2.25. The lowest BCUT2D eigenvalue weighted by molar-refractivity contribution is 0.0905. The van der Waals surface area contributed by atoms with Gasteiger partial charge in [-0.2, -0.15) is 0 Å². The van der Waals surface area contributed by atoms with Gasteiger partial charge in [0.05, 0.1) is 6.10 Å². The minimum Gasteiger partial charge on any atom is -0.373 e. The van der Waals surface area contributed by atoms with Crippen LogP contribution in [-0.4, -0.2) is 19.7 Å². The Bertz CT molecular complexity index is 347. The average molecular weight is 247 g/mol. The Balaban J connectivity index is 1.96. The van der Waals surface area contributed by atoms with Crippen LogP contribution in [0.25, 0.3) is 0 Å². The first-order chi connectivity index (χ1) is 8.85. The molecule has 2 heteroatoms. The third-order valence-corrected chi connectivity index (χ3v) is 3.76. The van der Waals surface area contributed by atoms with E-state index in [9.17, 15) is 0 Å². The van der Waals surface area contributed by atoms with Crippen LogP contribution in [0.4, 0.5) is 0 Å². The van der Waals surface area contributed by atoms with Crippen LogP contribution in [0.15, 0.2) is 24.3 Å². The topological polar surface area (TPSA) is 21.3 Å². The molecule has 1 aromatic rings. The van der Waals surface area contributed by atoms with Gasteiger partial charge in [-0.25, -0.2) is 0 Å². The molecular weight excluding hydrogens is 222 g/mol. The van der Waals surface area contributed by atoms with Crippen LogP contribution < -0.4 is 5.32 Å². The van der Waals surface area contributed by atoms with Crippen LogP contribution in [0.1, 0.15) is 43.9 Å². The summed E-state index contributed by atoms with van der Waals surface area (Å²) in [6.07, 6.45) is 3.77. The van der Waals surface area contributed by atoms with Gasteiger partial charge in [0.25, 0.3) is 0 Å². The summed E-state index contributed by atoms with van der Waals surface area (Å²) >= 11 is 0. The van der Waals surface area contributed by atoms with Crippen LogP contribution in [0, 0.1) is 5.92 Å². The molecule has 0 spiro atoms. The van der Waals surface area contributed by atoms with Gasteiger partial charge in [0.2, 0.25) is 0 Å². The lowest BCUT2D eigenvalue weighted by Gasteiger charge is -2.19. The zero-order chi connectivity index (χ0) is 12.8. The normalized spacial score (nSPS) is 23.4. The van der Waals surface area contributed by atoms with Crippen molar-refractivity contribution in [1.29, 1.82) is 0 Å². The highest BCUT2D eigenvalue weighted by atomic mass is 16.5. The number of ether oxygens (including phenoxy) is 1. The quantitative estimate of drug-likeness (QED) is 0.779. The predicted molar refractivity (Wildman–Crippen MR) is 75.8 cm³/mol. The fourth-order valence-electron chi connectivity index (χ4n) is 2.62. The van der Waals surface area contributed by atoms with Crippen molar-refractivity contribution in [3.05, 3.63) is 35.4 Å². The summed E-state index contributed by atoms with van der Waals surface area (Å²) in [5, 5.41) is 3.52. The molecule has 2 rings (SSSR count). The third kappa shape index (κ3) is 3.33. The van der Waals surface area contributed by atoms with E-state index in [0.29, 0.717) is 12.0 Å². The van der Waals surface area contributed by atoms with Crippen molar-refractivity contribution < 1.29 is 4.74 Å². The zero-order valence-corrected chi connectivity index (χ0v) is 11.6. The molecule has 0 saturated carbocycles. The highest BCUT2D eigenvalue weighted by Crippen LogP contribution is 2.34. The Morgan fingerprint density at radius 1 is 1.22 bits per heavy atom. The van der Waals surface area contributed by atoms with E-state index in [2.05, 4.69) is 43.4 Å². The molecule has 1 N–H and O–H groups in total. The van der Waals surface area contributed by atoms with Gasteiger partial charge in [0.15, 0.2) is 0 Å². The van der Waals surface area contributed by atoms with E-state index < -0.39 is 0 Å². The van der Waals surface area contributed by atoms with E-state index >= 15 is 0 Å². The molecule has 2 nitrogen and oxygen atoms in total. The molecular formula is C16H25NO. The van der Waals surface area contributed by atoms with E-state index in [4.69, 9.17) is 4.74 Å². The molecule has 1 aliphatic rings. The van der Waals surface area contributed by atoms with Gasteiger partial charge in [-0.05, 0) is 36.9 Å². The Morgan fingerprint density at radius 2 is 2.00 bits per heavy atom. The number of benzene rings is 1. The summed E-state index contributed by atoms with van der Waals surface area (Å²) in [7, 11) is 0. The summed E-state index contributed by atoms with van der Waals surface area (Å²) in [5.74, 6) is 0.629. The van der Waals surface area contributed by atoms with E-state index in [1.165, 1.54) is 24.0 Å². The van der Waals surface area contributed by atoms with E-state index in [-0.39, 0.29) is 0 Å². The van der Waals surface area contributed by atoms with Crippen LogP contribution in [0.5, 0.6) is 0 Å². The highest BCUT2D eigenvalue weighted by molar-refractivity contribution is 5.25. The molecule has 0 aromatic heterocycles. The van der Waals surface area contributed by atoms with Gasteiger partial charge in [0.1, 0.15) is 0 Å². The molecule has 1 heterocycles. The van der Waals surface area contributed by atoms with Crippen LogP contribution in [-0.2, 0) is 11.2 Å².